The van der Waals surface area contributed by atoms with Crippen molar-refractivity contribution in [3.63, 3.8) is 0 Å². The first-order valence-corrected chi connectivity index (χ1v) is 6.22. The lowest BCUT2D eigenvalue weighted by molar-refractivity contribution is -0.145. The molecule has 1 fully saturated rings. The van der Waals surface area contributed by atoms with E-state index in [0.717, 1.165) is 5.56 Å². The maximum Gasteiger partial charge on any atom is 0.305 e. The van der Waals surface area contributed by atoms with Crippen LogP contribution in [-0.2, 0) is 16.1 Å². The average Bonchev–Trinajstić information content (AvgIpc) is 2.35. The minimum atomic E-state index is -0.969. The van der Waals surface area contributed by atoms with E-state index >= 15 is 0 Å². The molecule has 102 valence electrons. The summed E-state index contributed by atoms with van der Waals surface area (Å²) in [4.78, 5) is 28.6. The maximum absolute atomic E-state index is 12.2. The normalized spacial score (nSPS) is 23.4. The second-order valence-corrected chi connectivity index (χ2v) is 4.79. The Labute approximate surface area is 111 Å². The number of aliphatic carboxylic acids is 1. The van der Waals surface area contributed by atoms with Crippen molar-refractivity contribution in [3.8, 4) is 0 Å². The van der Waals surface area contributed by atoms with Gasteiger partial charge in [0.25, 0.3) is 0 Å². The number of nitrogens with zero attached hydrogens (tertiary/aromatic N) is 2. The molecule has 1 aromatic heterocycles. The van der Waals surface area contributed by atoms with Crippen LogP contribution in [0.4, 0.5) is 0 Å². The molecule has 0 aliphatic carbocycles. The van der Waals surface area contributed by atoms with Gasteiger partial charge in [-0.05, 0) is 24.6 Å². The Balaban J connectivity index is 2.07. The summed E-state index contributed by atoms with van der Waals surface area (Å²) < 4.78 is 0. The number of carboxylic acid groups (broad SMARTS) is 1. The highest BCUT2D eigenvalue weighted by atomic mass is 16.4. The van der Waals surface area contributed by atoms with Crippen LogP contribution in [0.2, 0.25) is 0 Å². The summed E-state index contributed by atoms with van der Waals surface area (Å²) in [6.07, 6.45) is 3.18. The Morgan fingerprint density at radius 1 is 1.53 bits per heavy atom. The number of carbonyl (C=O) groups excluding carboxylic acids is 1. The van der Waals surface area contributed by atoms with Crippen LogP contribution in [0.25, 0.3) is 0 Å². The zero-order valence-electron chi connectivity index (χ0n) is 10.7. The van der Waals surface area contributed by atoms with Crippen molar-refractivity contribution < 1.29 is 14.7 Å². The predicted molar refractivity (Wildman–Crippen MR) is 68.3 cm³/mol. The summed E-state index contributed by atoms with van der Waals surface area (Å²) in [5.41, 5.74) is 0.992. The zero-order valence-corrected chi connectivity index (χ0v) is 10.7. The molecule has 1 amide bonds. The van der Waals surface area contributed by atoms with Gasteiger partial charge < -0.3 is 15.3 Å². The third kappa shape index (κ3) is 3.51. The average molecular weight is 263 g/mol. The van der Waals surface area contributed by atoms with E-state index in [2.05, 4.69) is 10.3 Å². The van der Waals surface area contributed by atoms with Crippen LogP contribution in [0.3, 0.4) is 0 Å². The molecule has 0 spiro atoms. The number of carbonyl (C=O) groups is 2. The van der Waals surface area contributed by atoms with Crippen LogP contribution in [0.1, 0.15) is 18.9 Å². The Hall–Kier alpha value is -1.95. The first-order chi connectivity index (χ1) is 9.06. The zero-order chi connectivity index (χ0) is 13.8. The number of hydrogen-bond acceptors (Lipinski definition) is 4. The molecule has 2 rings (SSSR count). The van der Waals surface area contributed by atoms with Crippen LogP contribution in [0, 0.1) is 0 Å². The van der Waals surface area contributed by atoms with Crippen molar-refractivity contribution in [1.82, 2.24) is 15.2 Å². The van der Waals surface area contributed by atoms with Crippen molar-refractivity contribution in [2.45, 2.75) is 32.0 Å². The first kappa shape index (κ1) is 13.5. The molecule has 1 aliphatic rings. The van der Waals surface area contributed by atoms with Gasteiger partial charge in [-0.2, -0.15) is 0 Å². The van der Waals surface area contributed by atoms with Gasteiger partial charge >= 0.3 is 5.97 Å². The number of carboxylic acids is 1. The van der Waals surface area contributed by atoms with E-state index in [1.54, 1.807) is 17.3 Å². The lowest BCUT2D eigenvalue weighted by Gasteiger charge is -2.36. The minimum absolute atomic E-state index is 0.0869. The number of rotatable bonds is 4. The number of pyridine rings is 1. The predicted octanol–water partition coefficient (Wildman–Crippen LogP) is 0.245. The standard InChI is InChI=1S/C13H17N3O3/c1-9-7-16(8-10-2-4-14-5-3-10)13(19)11(15-9)6-12(17)18/h2-5,9,11,15H,6-8H2,1H3,(H,17,18). The second-order valence-electron chi connectivity index (χ2n) is 4.79. The van der Waals surface area contributed by atoms with Crippen LogP contribution >= 0.6 is 0 Å². The van der Waals surface area contributed by atoms with E-state index < -0.39 is 12.0 Å². The third-order valence-corrected chi connectivity index (χ3v) is 3.09. The molecule has 2 heterocycles. The quantitative estimate of drug-likeness (QED) is 0.813. The molecule has 0 saturated carbocycles. The molecular weight excluding hydrogens is 246 g/mol. The SMILES string of the molecule is CC1CN(Cc2ccncc2)C(=O)C(CC(=O)O)N1. The molecule has 0 radical (unpaired) electrons. The number of amides is 1. The molecule has 2 unspecified atom stereocenters. The van der Waals surface area contributed by atoms with E-state index in [1.807, 2.05) is 19.1 Å². The topological polar surface area (TPSA) is 82.5 Å². The fourth-order valence-electron chi connectivity index (χ4n) is 2.28. The van der Waals surface area contributed by atoms with E-state index in [1.165, 1.54) is 0 Å². The van der Waals surface area contributed by atoms with Gasteiger partial charge in [-0.15, -0.1) is 0 Å². The summed E-state index contributed by atoms with van der Waals surface area (Å²) in [5, 5.41) is 11.9. The summed E-state index contributed by atoms with van der Waals surface area (Å²) in [6.45, 7) is 3.02. The molecule has 0 aromatic carbocycles. The monoisotopic (exact) mass is 263 g/mol. The summed E-state index contributed by atoms with van der Waals surface area (Å²) in [7, 11) is 0. The molecule has 1 aliphatic heterocycles. The van der Waals surface area contributed by atoms with Crippen molar-refractivity contribution in [3.05, 3.63) is 30.1 Å². The van der Waals surface area contributed by atoms with E-state index in [0.29, 0.717) is 13.1 Å². The lowest BCUT2D eigenvalue weighted by atomic mass is 10.1. The number of piperazine rings is 1. The van der Waals surface area contributed by atoms with Crippen molar-refractivity contribution in [2.75, 3.05) is 6.54 Å². The fraction of sp³-hybridized carbons (Fsp3) is 0.462. The van der Waals surface area contributed by atoms with E-state index in [9.17, 15) is 9.59 Å². The lowest BCUT2D eigenvalue weighted by Crippen LogP contribution is -2.59. The van der Waals surface area contributed by atoms with Crippen molar-refractivity contribution in [2.24, 2.45) is 0 Å². The molecule has 6 nitrogen and oxygen atoms in total. The number of nitrogens with one attached hydrogen (secondary N) is 1. The van der Waals surface area contributed by atoms with Crippen molar-refractivity contribution in [1.29, 1.82) is 0 Å². The largest absolute Gasteiger partial charge is 0.481 e. The molecular formula is C13H17N3O3. The van der Waals surface area contributed by atoms with Gasteiger partial charge in [0.15, 0.2) is 0 Å². The first-order valence-electron chi connectivity index (χ1n) is 6.22. The van der Waals surface area contributed by atoms with Gasteiger partial charge in [-0.1, -0.05) is 0 Å². The molecule has 1 aromatic rings. The molecule has 2 N–H and O–H groups in total. The minimum Gasteiger partial charge on any atom is -0.481 e. The van der Waals surface area contributed by atoms with Crippen LogP contribution in [0.5, 0.6) is 0 Å². The highest BCUT2D eigenvalue weighted by Gasteiger charge is 2.33. The van der Waals surface area contributed by atoms with Crippen LogP contribution in [0.15, 0.2) is 24.5 Å². The van der Waals surface area contributed by atoms with Crippen LogP contribution < -0.4 is 5.32 Å². The highest BCUT2D eigenvalue weighted by Crippen LogP contribution is 2.13. The van der Waals surface area contributed by atoms with Gasteiger partial charge in [-0.3, -0.25) is 14.6 Å². The van der Waals surface area contributed by atoms with E-state index in [4.69, 9.17) is 5.11 Å². The molecule has 6 heteroatoms. The number of aromatic nitrogens is 1. The molecule has 19 heavy (non-hydrogen) atoms. The summed E-state index contributed by atoms with van der Waals surface area (Å²) >= 11 is 0. The Morgan fingerprint density at radius 2 is 2.21 bits per heavy atom. The molecule has 0 bridgehead atoms. The van der Waals surface area contributed by atoms with E-state index in [-0.39, 0.29) is 18.4 Å². The summed E-state index contributed by atoms with van der Waals surface area (Å²) in [5.74, 6) is -1.12. The number of hydrogen-bond donors (Lipinski definition) is 2. The Kier molecular flexibility index (Phi) is 4.11. The highest BCUT2D eigenvalue weighted by molar-refractivity contribution is 5.87. The third-order valence-electron chi connectivity index (χ3n) is 3.09. The van der Waals surface area contributed by atoms with Gasteiger partial charge in [-0.25, -0.2) is 0 Å². The maximum atomic E-state index is 12.2. The molecule has 1 saturated heterocycles. The smallest absolute Gasteiger partial charge is 0.305 e. The second kappa shape index (κ2) is 5.79. The van der Waals surface area contributed by atoms with Crippen LogP contribution in [-0.4, -0.2) is 45.5 Å². The van der Waals surface area contributed by atoms with Gasteiger partial charge in [0.2, 0.25) is 5.91 Å². The van der Waals surface area contributed by atoms with Crippen molar-refractivity contribution >= 4 is 11.9 Å². The fourth-order valence-corrected chi connectivity index (χ4v) is 2.28. The molecule has 2 atom stereocenters. The van der Waals surface area contributed by atoms with Gasteiger partial charge in [0.1, 0.15) is 0 Å². The van der Waals surface area contributed by atoms with Gasteiger partial charge in [0, 0.05) is 31.5 Å². The van der Waals surface area contributed by atoms with Gasteiger partial charge in [0.05, 0.1) is 12.5 Å². The summed E-state index contributed by atoms with van der Waals surface area (Å²) in [6, 6.07) is 3.16. The Bertz CT molecular complexity index is 463. The Morgan fingerprint density at radius 3 is 2.84 bits per heavy atom.